The highest BCUT2D eigenvalue weighted by atomic mass is 35.5. The van der Waals surface area contributed by atoms with Crippen LogP contribution in [0.5, 0.6) is 5.75 Å². The van der Waals surface area contributed by atoms with Gasteiger partial charge in [0.1, 0.15) is 5.75 Å². The van der Waals surface area contributed by atoms with Crippen LogP contribution in [-0.4, -0.2) is 55.7 Å². The van der Waals surface area contributed by atoms with Gasteiger partial charge in [-0.3, -0.25) is 0 Å². The SMILES string of the molecule is CCCn1c(C(Cl)=Cc2ccc(OC)c(C)c2)nc2cc(S(=O)(=O)N3CCOCC3)ccc21. The Morgan fingerprint density at radius 3 is 2.64 bits per heavy atom. The molecule has 1 aliphatic rings. The number of ether oxygens (including phenoxy) is 2. The van der Waals surface area contributed by atoms with E-state index < -0.39 is 10.0 Å². The average Bonchev–Trinajstić information content (AvgIpc) is 3.18. The smallest absolute Gasteiger partial charge is 0.243 e. The lowest BCUT2D eigenvalue weighted by Crippen LogP contribution is -2.40. The van der Waals surface area contributed by atoms with Gasteiger partial charge in [0, 0.05) is 19.6 Å². The summed E-state index contributed by atoms with van der Waals surface area (Å²) in [4.78, 5) is 4.97. The first-order chi connectivity index (χ1) is 15.8. The molecule has 0 radical (unpaired) electrons. The standard InChI is InChI=1S/C24H28ClN3O4S/c1-4-9-28-22-7-6-19(33(29,30)27-10-12-32-13-11-27)16-21(22)26-24(28)20(25)15-18-5-8-23(31-3)17(2)14-18/h5-8,14-16H,4,9-13H2,1-3H3. The van der Waals surface area contributed by atoms with Gasteiger partial charge in [-0.2, -0.15) is 4.31 Å². The molecule has 176 valence electrons. The molecular weight excluding hydrogens is 462 g/mol. The number of nitrogens with zero attached hydrogens (tertiary/aromatic N) is 3. The number of sulfonamides is 1. The fraction of sp³-hybridized carbons (Fsp3) is 0.375. The highest BCUT2D eigenvalue weighted by molar-refractivity contribution is 7.89. The van der Waals surface area contributed by atoms with Crippen molar-refractivity contribution in [2.24, 2.45) is 0 Å². The molecule has 2 aromatic carbocycles. The number of imidazole rings is 1. The van der Waals surface area contributed by atoms with Crippen molar-refractivity contribution >= 4 is 43.8 Å². The van der Waals surface area contributed by atoms with E-state index in [0.29, 0.717) is 49.2 Å². The van der Waals surface area contributed by atoms with Gasteiger partial charge in [-0.05, 0) is 60.9 Å². The molecule has 0 bridgehead atoms. The number of aromatic nitrogens is 2. The molecule has 3 aromatic rings. The van der Waals surface area contributed by atoms with E-state index in [0.717, 1.165) is 28.8 Å². The predicted octanol–water partition coefficient (Wildman–Crippen LogP) is 4.52. The van der Waals surface area contributed by atoms with Crippen molar-refractivity contribution in [3.05, 3.63) is 53.3 Å². The largest absolute Gasteiger partial charge is 0.496 e. The van der Waals surface area contributed by atoms with Crippen LogP contribution in [0.3, 0.4) is 0 Å². The second-order valence-corrected chi connectivity index (χ2v) is 10.3. The second-order valence-electron chi connectivity index (χ2n) is 7.98. The normalized spacial score (nSPS) is 15.8. The molecule has 1 fully saturated rings. The van der Waals surface area contributed by atoms with Gasteiger partial charge in [-0.25, -0.2) is 13.4 Å². The van der Waals surface area contributed by atoms with Gasteiger partial charge in [-0.1, -0.05) is 24.6 Å². The summed E-state index contributed by atoms with van der Waals surface area (Å²) in [5.74, 6) is 1.43. The maximum absolute atomic E-state index is 13.1. The van der Waals surface area contributed by atoms with Crippen molar-refractivity contribution in [2.75, 3.05) is 33.4 Å². The summed E-state index contributed by atoms with van der Waals surface area (Å²) in [5, 5.41) is 0.488. The van der Waals surface area contributed by atoms with Crippen LogP contribution in [0.1, 0.15) is 30.3 Å². The zero-order valence-corrected chi connectivity index (χ0v) is 20.6. The number of aryl methyl sites for hydroxylation is 2. The fourth-order valence-corrected chi connectivity index (χ4v) is 5.74. The number of hydrogen-bond donors (Lipinski definition) is 0. The quantitative estimate of drug-likeness (QED) is 0.487. The van der Waals surface area contributed by atoms with Crippen molar-refractivity contribution in [3.63, 3.8) is 0 Å². The topological polar surface area (TPSA) is 73.7 Å². The van der Waals surface area contributed by atoms with E-state index in [9.17, 15) is 8.42 Å². The van der Waals surface area contributed by atoms with E-state index in [1.165, 1.54) is 4.31 Å². The van der Waals surface area contributed by atoms with E-state index in [2.05, 4.69) is 6.92 Å². The lowest BCUT2D eigenvalue weighted by molar-refractivity contribution is 0.0730. The molecule has 0 unspecified atom stereocenters. The van der Waals surface area contributed by atoms with E-state index in [1.54, 1.807) is 19.2 Å². The molecule has 0 saturated carbocycles. The molecule has 9 heteroatoms. The molecule has 1 aromatic heterocycles. The van der Waals surface area contributed by atoms with Gasteiger partial charge in [0.15, 0.2) is 5.82 Å². The third-order valence-electron chi connectivity index (χ3n) is 5.70. The van der Waals surface area contributed by atoms with Crippen LogP contribution >= 0.6 is 11.6 Å². The van der Waals surface area contributed by atoms with E-state index in [4.69, 9.17) is 26.1 Å². The molecule has 7 nitrogen and oxygen atoms in total. The summed E-state index contributed by atoms with van der Waals surface area (Å²) in [6.07, 6.45) is 2.75. The van der Waals surface area contributed by atoms with E-state index in [-0.39, 0.29) is 4.90 Å². The summed E-state index contributed by atoms with van der Waals surface area (Å²) in [6.45, 7) is 6.29. The monoisotopic (exact) mass is 489 g/mol. The summed E-state index contributed by atoms with van der Waals surface area (Å²) in [5.41, 5.74) is 3.40. The fourth-order valence-electron chi connectivity index (χ4n) is 4.04. The minimum atomic E-state index is -3.60. The van der Waals surface area contributed by atoms with Crippen LogP contribution in [0.2, 0.25) is 0 Å². The molecule has 0 spiro atoms. The predicted molar refractivity (Wildman–Crippen MR) is 131 cm³/mol. The van der Waals surface area contributed by atoms with Gasteiger partial charge < -0.3 is 14.0 Å². The Balaban J connectivity index is 1.75. The van der Waals surface area contributed by atoms with Crippen LogP contribution < -0.4 is 4.74 Å². The molecule has 4 rings (SSSR count). The Labute approximate surface area is 199 Å². The zero-order chi connectivity index (χ0) is 23.6. The minimum Gasteiger partial charge on any atom is -0.496 e. The molecule has 1 aliphatic heterocycles. The van der Waals surface area contributed by atoms with Crippen molar-refractivity contribution in [1.29, 1.82) is 0 Å². The maximum atomic E-state index is 13.1. The molecule has 0 amide bonds. The molecular formula is C24H28ClN3O4S. The van der Waals surface area contributed by atoms with Gasteiger partial charge in [-0.15, -0.1) is 0 Å². The third-order valence-corrected chi connectivity index (χ3v) is 7.87. The number of fused-ring (bicyclic) bond motifs is 1. The minimum absolute atomic E-state index is 0.232. The van der Waals surface area contributed by atoms with Crippen LogP contribution in [0.25, 0.3) is 22.1 Å². The zero-order valence-electron chi connectivity index (χ0n) is 19.0. The van der Waals surface area contributed by atoms with Gasteiger partial charge >= 0.3 is 0 Å². The van der Waals surface area contributed by atoms with Crippen molar-refractivity contribution in [3.8, 4) is 5.75 Å². The molecule has 2 heterocycles. The maximum Gasteiger partial charge on any atom is 0.243 e. The number of rotatable bonds is 7. The Bertz CT molecular complexity index is 1290. The highest BCUT2D eigenvalue weighted by Crippen LogP contribution is 2.30. The summed E-state index contributed by atoms with van der Waals surface area (Å²) in [6, 6.07) is 10.9. The van der Waals surface area contributed by atoms with Crippen molar-refractivity contribution in [1.82, 2.24) is 13.9 Å². The Morgan fingerprint density at radius 2 is 1.97 bits per heavy atom. The first-order valence-corrected chi connectivity index (χ1v) is 12.8. The number of halogens is 1. The molecule has 1 saturated heterocycles. The first-order valence-electron chi connectivity index (χ1n) is 11.0. The van der Waals surface area contributed by atoms with Gasteiger partial charge in [0.2, 0.25) is 10.0 Å². The lowest BCUT2D eigenvalue weighted by atomic mass is 10.1. The lowest BCUT2D eigenvalue weighted by Gasteiger charge is -2.26. The number of benzene rings is 2. The molecule has 33 heavy (non-hydrogen) atoms. The Morgan fingerprint density at radius 1 is 1.21 bits per heavy atom. The van der Waals surface area contributed by atoms with Gasteiger partial charge in [0.05, 0.1) is 41.3 Å². The Kier molecular flexibility index (Phi) is 7.09. The Hall–Kier alpha value is -2.39. The molecule has 0 aliphatic carbocycles. The van der Waals surface area contributed by atoms with E-state index >= 15 is 0 Å². The average molecular weight is 490 g/mol. The van der Waals surface area contributed by atoms with E-state index in [1.807, 2.05) is 41.8 Å². The second kappa shape index (κ2) is 9.85. The van der Waals surface area contributed by atoms with Crippen LogP contribution in [0, 0.1) is 6.92 Å². The molecule has 0 N–H and O–H groups in total. The van der Waals surface area contributed by atoms with Crippen LogP contribution in [0.4, 0.5) is 0 Å². The summed E-state index contributed by atoms with van der Waals surface area (Å²) in [7, 11) is -1.96. The molecule has 0 atom stereocenters. The first kappa shape index (κ1) is 23.8. The van der Waals surface area contributed by atoms with Crippen LogP contribution in [0.15, 0.2) is 41.3 Å². The number of morpholine rings is 1. The van der Waals surface area contributed by atoms with Gasteiger partial charge in [0.25, 0.3) is 0 Å². The third kappa shape index (κ3) is 4.80. The van der Waals surface area contributed by atoms with Crippen molar-refractivity contribution in [2.45, 2.75) is 31.7 Å². The summed E-state index contributed by atoms with van der Waals surface area (Å²) >= 11 is 6.74. The van der Waals surface area contributed by atoms with Crippen molar-refractivity contribution < 1.29 is 17.9 Å². The summed E-state index contributed by atoms with van der Waals surface area (Å²) < 4.78 is 40.3. The number of hydrogen-bond acceptors (Lipinski definition) is 5. The number of methoxy groups -OCH3 is 1. The highest BCUT2D eigenvalue weighted by Gasteiger charge is 2.27. The van der Waals surface area contributed by atoms with Crippen LogP contribution in [-0.2, 0) is 21.3 Å².